The topological polar surface area (TPSA) is 26.0 Å². The largest absolute Gasteiger partial charge is 0.399 e. The quantitative estimate of drug-likeness (QED) is 0.641. The van der Waals surface area contributed by atoms with E-state index in [1.54, 1.807) is 18.2 Å². The number of nitrogens with two attached hydrogens (primary N) is 1. The summed E-state index contributed by atoms with van der Waals surface area (Å²) < 4.78 is 0. The summed E-state index contributed by atoms with van der Waals surface area (Å²) in [6.07, 6.45) is 0. The molecule has 0 aliphatic rings. The highest BCUT2D eigenvalue weighted by Crippen LogP contribution is 2.10. The zero-order chi connectivity index (χ0) is 5.98. The molecule has 10 heavy (non-hydrogen) atoms. The van der Waals surface area contributed by atoms with Crippen molar-refractivity contribution in [1.82, 2.24) is 0 Å². The maximum atomic E-state index is 5.56. The second-order valence-electron chi connectivity index (χ2n) is 1.56. The van der Waals surface area contributed by atoms with Crippen molar-refractivity contribution in [3.8, 4) is 0 Å². The number of benzene rings is 1. The summed E-state index contributed by atoms with van der Waals surface area (Å²) in [5, 5.41) is 0.685. The van der Waals surface area contributed by atoms with E-state index in [0.717, 1.165) is 0 Å². The lowest BCUT2D eigenvalue weighted by atomic mass is 10.3. The molecule has 0 aromatic heterocycles. The van der Waals surface area contributed by atoms with E-state index in [4.69, 9.17) is 17.3 Å². The van der Waals surface area contributed by atoms with Crippen molar-refractivity contribution in [2.75, 3.05) is 5.73 Å². The minimum atomic E-state index is 0. The van der Waals surface area contributed by atoms with Crippen LogP contribution in [0.3, 0.4) is 0 Å². The van der Waals surface area contributed by atoms with Crippen LogP contribution in [-0.4, -0.2) is 0 Å². The van der Waals surface area contributed by atoms with Crippen molar-refractivity contribution in [2.45, 2.75) is 0 Å². The third kappa shape index (κ3) is 3.83. The van der Waals surface area contributed by atoms with Gasteiger partial charge in [-0.15, -0.1) is 24.8 Å². The van der Waals surface area contributed by atoms with Crippen LogP contribution in [0.25, 0.3) is 0 Å². The minimum absolute atomic E-state index is 0. The highest BCUT2D eigenvalue weighted by atomic mass is 35.5. The van der Waals surface area contributed by atoms with Gasteiger partial charge in [-0.1, -0.05) is 17.7 Å². The van der Waals surface area contributed by atoms with Crippen LogP contribution < -0.4 is 5.73 Å². The predicted molar refractivity (Wildman–Crippen MR) is 50.4 cm³/mol. The van der Waals surface area contributed by atoms with Gasteiger partial charge in [0.2, 0.25) is 0 Å². The maximum Gasteiger partial charge on any atom is 0.0426 e. The third-order valence-corrected chi connectivity index (χ3v) is 1.08. The van der Waals surface area contributed by atoms with Gasteiger partial charge in [0.1, 0.15) is 0 Å². The Kier molecular flexibility index (Phi) is 7.10. The molecule has 0 spiro atoms. The number of rotatable bonds is 0. The molecule has 0 radical (unpaired) electrons. The highest BCUT2D eigenvalue weighted by molar-refractivity contribution is 6.30. The summed E-state index contributed by atoms with van der Waals surface area (Å²) in [7, 11) is 0. The zero-order valence-electron chi connectivity index (χ0n) is 5.08. The van der Waals surface area contributed by atoms with Crippen LogP contribution in [-0.2, 0) is 0 Å². The smallest absolute Gasteiger partial charge is 0.0426 e. The summed E-state index contributed by atoms with van der Waals surface area (Å²) >= 11 is 5.56. The Labute approximate surface area is 77.4 Å². The molecule has 0 unspecified atom stereocenters. The molecular weight excluding hydrogens is 192 g/mol. The fourth-order valence-electron chi connectivity index (χ4n) is 0.507. The molecule has 0 aliphatic carbocycles. The molecule has 1 aromatic carbocycles. The van der Waals surface area contributed by atoms with Gasteiger partial charge < -0.3 is 5.73 Å². The molecule has 0 bridgehead atoms. The molecule has 0 heterocycles. The van der Waals surface area contributed by atoms with Crippen LogP contribution >= 0.6 is 36.4 Å². The van der Waals surface area contributed by atoms with Crippen molar-refractivity contribution in [3.63, 3.8) is 0 Å². The average molecular weight is 200 g/mol. The first-order valence-corrected chi connectivity index (χ1v) is 2.68. The van der Waals surface area contributed by atoms with Crippen molar-refractivity contribution >= 4 is 42.1 Å². The van der Waals surface area contributed by atoms with E-state index in [1.807, 2.05) is 6.07 Å². The Balaban J connectivity index is 0. The molecule has 1 nitrogen and oxygen atoms in total. The lowest BCUT2D eigenvalue weighted by molar-refractivity contribution is 1.69. The molecule has 1 aromatic rings. The Hall–Kier alpha value is -0.110. The molecule has 1 rings (SSSR count). The Morgan fingerprint density at radius 1 is 1.20 bits per heavy atom. The van der Waals surface area contributed by atoms with Crippen molar-refractivity contribution in [1.29, 1.82) is 0 Å². The van der Waals surface area contributed by atoms with E-state index >= 15 is 0 Å². The van der Waals surface area contributed by atoms with Crippen LogP contribution in [0.15, 0.2) is 24.3 Å². The van der Waals surface area contributed by atoms with Gasteiger partial charge in [0.15, 0.2) is 0 Å². The van der Waals surface area contributed by atoms with Gasteiger partial charge in [0, 0.05) is 10.7 Å². The highest BCUT2D eigenvalue weighted by Gasteiger charge is 1.83. The second-order valence-corrected chi connectivity index (χ2v) is 1.99. The van der Waals surface area contributed by atoms with Gasteiger partial charge in [-0.3, -0.25) is 0 Å². The van der Waals surface area contributed by atoms with Crippen LogP contribution in [0.1, 0.15) is 0 Å². The number of nitrogen functional groups attached to an aromatic ring is 1. The van der Waals surface area contributed by atoms with Crippen LogP contribution in [0, 0.1) is 0 Å². The van der Waals surface area contributed by atoms with E-state index in [0.29, 0.717) is 10.7 Å². The van der Waals surface area contributed by atoms with E-state index < -0.39 is 0 Å². The van der Waals surface area contributed by atoms with Crippen LogP contribution in [0.4, 0.5) is 5.69 Å². The number of hydrogen-bond donors (Lipinski definition) is 1. The van der Waals surface area contributed by atoms with E-state index in [1.165, 1.54) is 0 Å². The Bertz CT molecular complexity index is 173. The standard InChI is InChI=1S/C6H6ClN.2ClH/c7-5-2-1-3-6(8)4-5;;/h1-4H,8H2;2*1H. The number of hydrogen-bond acceptors (Lipinski definition) is 1. The molecule has 0 saturated carbocycles. The summed E-state index contributed by atoms with van der Waals surface area (Å²) in [4.78, 5) is 0. The molecule has 0 saturated heterocycles. The van der Waals surface area contributed by atoms with Crippen LogP contribution in [0.5, 0.6) is 0 Å². The fraction of sp³-hybridized carbons (Fsp3) is 0. The molecule has 0 fully saturated rings. The fourth-order valence-corrected chi connectivity index (χ4v) is 0.705. The van der Waals surface area contributed by atoms with Gasteiger partial charge in [-0.25, -0.2) is 0 Å². The van der Waals surface area contributed by atoms with Gasteiger partial charge in [-0.2, -0.15) is 0 Å². The first-order valence-electron chi connectivity index (χ1n) is 2.30. The lowest BCUT2D eigenvalue weighted by Gasteiger charge is -1.89. The summed E-state index contributed by atoms with van der Waals surface area (Å²) in [6.45, 7) is 0. The number of halogens is 3. The normalized spacial score (nSPS) is 7.30. The number of anilines is 1. The molecule has 0 amide bonds. The van der Waals surface area contributed by atoms with E-state index in [-0.39, 0.29) is 24.8 Å². The predicted octanol–water partition coefficient (Wildman–Crippen LogP) is 2.77. The van der Waals surface area contributed by atoms with Crippen molar-refractivity contribution in [2.24, 2.45) is 0 Å². The minimum Gasteiger partial charge on any atom is -0.399 e. The first-order chi connectivity index (χ1) is 3.79. The molecule has 58 valence electrons. The molecular formula is C6H8Cl3N. The molecule has 0 aliphatic heterocycles. The van der Waals surface area contributed by atoms with E-state index in [9.17, 15) is 0 Å². The lowest BCUT2D eigenvalue weighted by Crippen LogP contribution is -1.80. The summed E-state index contributed by atoms with van der Waals surface area (Å²) in [6, 6.07) is 7.11. The SMILES string of the molecule is Cl.Cl.Nc1cccc(Cl)c1. The Morgan fingerprint density at radius 2 is 1.80 bits per heavy atom. The van der Waals surface area contributed by atoms with Gasteiger partial charge >= 0.3 is 0 Å². The van der Waals surface area contributed by atoms with Crippen molar-refractivity contribution < 1.29 is 0 Å². The third-order valence-electron chi connectivity index (χ3n) is 0.849. The molecule has 4 heteroatoms. The van der Waals surface area contributed by atoms with Gasteiger partial charge in [0.25, 0.3) is 0 Å². The first kappa shape index (κ1) is 12.6. The van der Waals surface area contributed by atoms with E-state index in [2.05, 4.69) is 0 Å². The summed E-state index contributed by atoms with van der Waals surface area (Å²) in [5.41, 5.74) is 6.08. The second kappa shape index (κ2) is 5.66. The monoisotopic (exact) mass is 199 g/mol. The summed E-state index contributed by atoms with van der Waals surface area (Å²) in [5.74, 6) is 0. The van der Waals surface area contributed by atoms with Crippen LogP contribution in [0.2, 0.25) is 5.02 Å². The van der Waals surface area contributed by atoms with Crippen molar-refractivity contribution in [3.05, 3.63) is 29.3 Å². The zero-order valence-corrected chi connectivity index (χ0v) is 7.47. The molecule has 0 atom stereocenters. The Morgan fingerprint density at radius 3 is 2.10 bits per heavy atom. The maximum absolute atomic E-state index is 5.56. The molecule has 2 N–H and O–H groups in total. The van der Waals surface area contributed by atoms with Gasteiger partial charge in [0.05, 0.1) is 0 Å². The van der Waals surface area contributed by atoms with Gasteiger partial charge in [-0.05, 0) is 18.2 Å². The average Bonchev–Trinajstić information content (AvgIpc) is 1.64.